The van der Waals surface area contributed by atoms with Crippen LogP contribution in [0, 0.1) is 0 Å². The molecule has 29 heavy (non-hydrogen) atoms. The Morgan fingerprint density at radius 3 is 2.62 bits per heavy atom. The minimum Gasteiger partial charge on any atom is -0.494 e. The third kappa shape index (κ3) is 5.16. The Morgan fingerprint density at radius 1 is 1.14 bits per heavy atom. The van der Waals surface area contributed by atoms with Crippen molar-refractivity contribution in [2.45, 2.75) is 42.2 Å². The van der Waals surface area contributed by atoms with E-state index in [0.717, 1.165) is 4.90 Å². The predicted molar refractivity (Wildman–Crippen MR) is 115 cm³/mol. The van der Waals surface area contributed by atoms with E-state index in [2.05, 4.69) is 10.0 Å². The van der Waals surface area contributed by atoms with Crippen LogP contribution >= 0.6 is 11.8 Å². The number of carbonyl (C=O) groups excluding carboxylic acids is 1. The van der Waals surface area contributed by atoms with Crippen LogP contribution in [0.25, 0.3) is 0 Å². The van der Waals surface area contributed by atoms with Crippen molar-refractivity contribution in [1.29, 1.82) is 0 Å². The van der Waals surface area contributed by atoms with Crippen molar-refractivity contribution in [2.24, 2.45) is 0 Å². The van der Waals surface area contributed by atoms with Crippen LogP contribution in [-0.2, 0) is 14.8 Å². The van der Waals surface area contributed by atoms with Crippen molar-refractivity contribution in [2.75, 3.05) is 23.3 Å². The molecule has 1 aliphatic heterocycles. The lowest BCUT2D eigenvalue weighted by atomic mass is 10.3. The third-order valence-corrected chi connectivity index (χ3v) is 6.68. The molecule has 2 N–H and O–H groups in total. The highest BCUT2D eigenvalue weighted by Crippen LogP contribution is 2.37. The van der Waals surface area contributed by atoms with Gasteiger partial charge < -0.3 is 14.8 Å². The van der Waals surface area contributed by atoms with Crippen molar-refractivity contribution in [3.8, 4) is 11.5 Å². The maximum Gasteiger partial charge on any atom is 0.262 e. The van der Waals surface area contributed by atoms with Crippen molar-refractivity contribution in [3.63, 3.8) is 0 Å². The highest BCUT2D eigenvalue weighted by Gasteiger charge is 2.23. The molecule has 1 unspecified atom stereocenters. The summed E-state index contributed by atoms with van der Waals surface area (Å²) in [6, 6.07) is 9.72. The number of ether oxygens (including phenoxy) is 2. The molecule has 0 saturated carbocycles. The summed E-state index contributed by atoms with van der Waals surface area (Å²) in [6.45, 7) is 6.49. The Balaban J connectivity index is 1.94. The van der Waals surface area contributed by atoms with Gasteiger partial charge in [0.05, 0.1) is 29.5 Å². The molecule has 1 amide bonds. The zero-order valence-electron chi connectivity index (χ0n) is 16.5. The molecule has 9 heteroatoms. The van der Waals surface area contributed by atoms with Crippen molar-refractivity contribution < 1.29 is 22.7 Å². The summed E-state index contributed by atoms with van der Waals surface area (Å²) in [5.74, 6) is 0.814. The molecule has 0 aliphatic carbocycles. The minimum absolute atomic E-state index is 0.0518. The fourth-order valence-electron chi connectivity index (χ4n) is 2.93. The number of hydrogen-bond donors (Lipinski definition) is 2. The summed E-state index contributed by atoms with van der Waals surface area (Å²) in [7, 11) is -3.91. The van der Waals surface area contributed by atoms with Gasteiger partial charge in [-0.15, -0.1) is 11.8 Å². The highest BCUT2D eigenvalue weighted by atomic mass is 32.2. The number of fused-ring (bicyclic) bond motifs is 1. The number of amides is 1. The summed E-state index contributed by atoms with van der Waals surface area (Å²) in [6.07, 6.45) is 0.377. The molecular weight excluding hydrogens is 412 g/mol. The Hall–Kier alpha value is -2.39. The summed E-state index contributed by atoms with van der Waals surface area (Å²) in [5, 5.41) is 2.91. The first-order chi connectivity index (χ1) is 13.8. The van der Waals surface area contributed by atoms with Crippen molar-refractivity contribution >= 4 is 39.1 Å². The molecule has 2 aromatic rings. The molecule has 0 spiro atoms. The molecule has 1 heterocycles. The lowest BCUT2D eigenvalue weighted by Crippen LogP contribution is -2.16. The molecule has 0 aromatic heterocycles. The smallest absolute Gasteiger partial charge is 0.262 e. The van der Waals surface area contributed by atoms with E-state index >= 15 is 0 Å². The second-order valence-electron chi connectivity index (χ2n) is 6.47. The largest absolute Gasteiger partial charge is 0.494 e. The molecule has 0 bridgehead atoms. The average Bonchev–Trinajstić information content (AvgIpc) is 2.79. The fraction of sp³-hybridized carbons (Fsp3) is 0.350. The number of carbonyl (C=O) groups is 1. The van der Waals surface area contributed by atoms with E-state index in [4.69, 9.17) is 9.47 Å². The van der Waals surface area contributed by atoms with E-state index < -0.39 is 10.0 Å². The van der Waals surface area contributed by atoms with Crippen LogP contribution in [0.1, 0.15) is 27.2 Å². The monoisotopic (exact) mass is 436 g/mol. The lowest BCUT2D eigenvalue weighted by Gasteiger charge is -2.15. The van der Waals surface area contributed by atoms with Crippen LogP contribution in [0.4, 0.5) is 11.4 Å². The number of thioether (sulfide) groups is 1. The summed E-state index contributed by atoms with van der Waals surface area (Å²) in [4.78, 5) is 12.9. The van der Waals surface area contributed by atoms with Gasteiger partial charge >= 0.3 is 0 Å². The van der Waals surface area contributed by atoms with Crippen LogP contribution in [0.3, 0.4) is 0 Å². The quantitative estimate of drug-likeness (QED) is 0.678. The van der Waals surface area contributed by atoms with Crippen LogP contribution in [0.5, 0.6) is 11.5 Å². The standard InChI is InChI=1S/C20H24N2O5S2/c1-4-26-14-6-8-18(27-5-2)16(11-14)22-29(24,25)15-7-9-19-17(12-15)21-20(23)10-13(3)28-19/h6-9,11-13,22H,4-5,10H2,1-3H3,(H,21,23). The second kappa shape index (κ2) is 8.96. The van der Waals surface area contributed by atoms with Gasteiger partial charge in [0, 0.05) is 22.6 Å². The molecule has 1 aliphatic rings. The molecular formula is C20H24N2O5S2. The number of nitrogens with one attached hydrogen (secondary N) is 2. The first-order valence-corrected chi connectivity index (χ1v) is 11.7. The number of sulfonamides is 1. The molecule has 0 fully saturated rings. The number of rotatable bonds is 7. The molecule has 156 valence electrons. The molecule has 7 nitrogen and oxygen atoms in total. The zero-order valence-corrected chi connectivity index (χ0v) is 18.2. The summed E-state index contributed by atoms with van der Waals surface area (Å²) >= 11 is 1.54. The van der Waals surface area contributed by atoms with Crippen LogP contribution in [-0.4, -0.2) is 32.8 Å². The van der Waals surface area contributed by atoms with Gasteiger partial charge in [-0.1, -0.05) is 6.92 Å². The van der Waals surface area contributed by atoms with Crippen LogP contribution in [0.15, 0.2) is 46.2 Å². The normalized spacial score (nSPS) is 16.4. The maximum absolute atomic E-state index is 13.0. The van der Waals surface area contributed by atoms with Gasteiger partial charge in [0.15, 0.2) is 0 Å². The van der Waals surface area contributed by atoms with Gasteiger partial charge in [-0.25, -0.2) is 8.42 Å². The Bertz CT molecular complexity index is 1010. The van der Waals surface area contributed by atoms with Gasteiger partial charge in [0.25, 0.3) is 10.0 Å². The van der Waals surface area contributed by atoms with Gasteiger partial charge in [0.2, 0.25) is 5.91 Å². The second-order valence-corrected chi connectivity index (χ2v) is 9.63. The Kier molecular flexibility index (Phi) is 6.59. The maximum atomic E-state index is 13.0. The molecule has 0 radical (unpaired) electrons. The molecule has 3 rings (SSSR count). The first-order valence-electron chi connectivity index (χ1n) is 9.35. The lowest BCUT2D eigenvalue weighted by molar-refractivity contribution is -0.116. The van der Waals surface area contributed by atoms with Crippen molar-refractivity contribution in [3.05, 3.63) is 36.4 Å². The van der Waals surface area contributed by atoms with E-state index in [0.29, 0.717) is 42.5 Å². The SMILES string of the molecule is CCOc1ccc(OCC)c(NS(=O)(=O)c2ccc3c(c2)NC(=O)CC(C)S3)c1. The molecule has 2 aromatic carbocycles. The highest BCUT2D eigenvalue weighted by molar-refractivity contribution is 8.00. The summed E-state index contributed by atoms with van der Waals surface area (Å²) in [5.41, 5.74) is 0.792. The zero-order chi connectivity index (χ0) is 21.0. The van der Waals surface area contributed by atoms with Crippen LogP contribution < -0.4 is 19.5 Å². The van der Waals surface area contributed by atoms with Gasteiger partial charge in [-0.2, -0.15) is 0 Å². The fourth-order valence-corrected chi connectivity index (χ4v) is 5.07. The van der Waals surface area contributed by atoms with E-state index in [-0.39, 0.29) is 16.1 Å². The van der Waals surface area contributed by atoms with Gasteiger partial charge in [0.1, 0.15) is 11.5 Å². The minimum atomic E-state index is -3.91. The van der Waals surface area contributed by atoms with E-state index in [9.17, 15) is 13.2 Å². The van der Waals surface area contributed by atoms with Gasteiger partial charge in [-0.3, -0.25) is 9.52 Å². The van der Waals surface area contributed by atoms with E-state index in [1.807, 2.05) is 20.8 Å². The number of hydrogen-bond acceptors (Lipinski definition) is 6. The number of anilines is 2. The van der Waals surface area contributed by atoms with Crippen molar-refractivity contribution in [1.82, 2.24) is 0 Å². The molecule has 0 saturated heterocycles. The Labute approximate surface area is 175 Å². The number of benzene rings is 2. The topological polar surface area (TPSA) is 93.7 Å². The van der Waals surface area contributed by atoms with E-state index in [1.165, 1.54) is 12.1 Å². The third-order valence-electron chi connectivity index (χ3n) is 4.14. The molecule has 1 atom stereocenters. The Morgan fingerprint density at radius 2 is 1.90 bits per heavy atom. The predicted octanol–water partition coefficient (Wildman–Crippen LogP) is 4.11. The average molecular weight is 437 g/mol. The van der Waals surface area contributed by atoms with Crippen LogP contribution in [0.2, 0.25) is 0 Å². The van der Waals surface area contributed by atoms with Gasteiger partial charge in [-0.05, 0) is 44.2 Å². The van der Waals surface area contributed by atoms with E-state index in [1.54, 1.807) is 36.0 Å². The first kappa shape index (κ1) is 21.3. The summed E-state index contributed by atoms with van der Waals surface area (Å²) < 4.78 is 39.6.